The number of carbonyl (C=O) groups excluding carboxylic acids is 1. The third kappa shape index (κ3) is 4.28. The lowest BCUT2D eigenvalue weighted by Gasteiger charge is -2.36. The van der Waals surface area contributed by atoms with Gasteiger partial charge in [-0.2, -0.15) is 0 Å². The van der Waals surface area contributed by atoms with Crippen LogP contribution in [0.15, 0.2) is 47.1 Å². The van der Waals surface area contributed by atoms with Gasteiger partial charge in [-0.3, -0.25) is 4.79 Å². The van der Waals surface area contributed by atoms with Gasteiger partial charge in [0, 0.05) is 31.9 Å². The van der Waals surface area contributed by atoms with Gasteiger partial charge in [0.15, 0.2) is 0 Å². The molecule has 23 heavy (non-hydrogen) atoms. The monoisotopic (exact) mass is 334 g/mol. The molecule has 1 aliphatic heterocycles. The fourth-order valence-electron chi connectivity index (χ4n) is 2.59. The number of hydrogen-bond acceptors (Lipinski definition) is 4. The molecule has 1 aromatic carbocycles. The van der Waals surface area contributed by atoms with E-state index in [4.69, 9.17) is 4.42 Å². The molecule has 0 aliphatic carbocycles. The molecule has 6 heteroatoms. The van der Waals surface area contributed by atoms with Crippen molar-refractivity contribution in [2.75, 3.05) is 36.8 Å². The molecule has 4 nitrogen and oxygen atoms in total. The van der Waals surface area contributed by atoms with E-state index >= 15 is 0 Å². The summed E-state index contributed by atoms with van der Waals surface area (Å²) >= 11 is 1.57. The van der Waals surface area contributed by atoms with Crippen LogP contribution in [0.4, 0.5) is 10.1 Å². The van der Waals surface area contributed by atoms with Crippen molar-refractivity contribution in [3.63, 3.8) is 0 Å². The quantitative estimate of drug-likeness (QED) is 0.842. The van der Waals surface area contributed by atoms with Crippen molar-refractivity contribution in [2.45, 2.75) is 5.75 Å². The van der Waals surface area contributed by atoms with E-state index in [9.17, 15) is 9.18 Å². The first-order valence-electron chi connectivity index (χ1n) is 7.61. The number of benzene rings is 1. The standard InChI is InChI=1S/C17H19FN2O2S/c18-14-3-5-15(6-4-14)19-7-9-20(10-8-19)17(21)13-23-12-16-2-1-11-22-16/h1-6,11H,7-10,12-13H2. The number of piperazine rings is 1. The van der Waals surface area contributed by atoms with Gasteiger partial charge in [-0.25, -0.2) is 4.39 Å². The number of amides is 1. The fourth-order valence-corrected chi connectivity index (χ4v) is 3.42. The molecule has 0 atom stereocenters. The number of carbonyl (C=O) groups is 1. The number of nitrogens with zero attached hydrogens (tertiary/aromatic N) is 2. The van der Waals surface area contributed by atoms with E-state index in [0.717, 1.165) is 24.5 Å². The Balaban J connectivity index is 1.43. The van der Waals surface area contributed by atoms with Crippen molar-refractivity contribution in [1.82, 2.24) is 4.90 Å². The molecule has 0 saturated carbocycles. The highest BCUT2D eigenvalue weighted by Crippen LogP contribution is 2.18. The summed E-state index contributed by atoms with van der Waals surface area (Å²) in [5, 5.41) is 0. The average molecular weight is 334 g/mol. The van der Waals surface area contributed by atoms with Gasteiger partial charge in [-0.05, 0) is 36.4 Å². The largest absolute Gasteiger partial charge is 0.468 e. The average Bonchev–Trinajstić information content (AvgIpc) is 3.09. The zero-order valence-electron chi connectivity index (χ0n) is 12.8. The Kier molecular flexibility index (Phi) is 5.23. The minimum Gasteiger partial charge on any atom is -0.468 e. The number of rotatable bonds is 5. The van der Waals surface area contributed by atoms with Crippen molar-refractivity contribution in [2.24, 2.45) is 0 Å². The Bertz CT molecular complexity index is 623. The summed E-state index contributed by atoms with van der Waals surface area (Å²) in [5.74, 6) is 2.02. The lowest BCUT2D eigenvalue weighted by atomic mass is 10.2. The molecule has 0 spiro atoms. The number of hydrogen-bond donors (Lipinski definition) is 0. The molecular weight excluding hydrogens is 315 g/mol. The molecule has 1 aromatic heterocycles. The molecule has 1 aliphatic rings. The van der Waals surface area contributed by atoms with Crippen LogP contribution in [0.1, 0.15) is 5.76 Å². The molecule has 0 radical (unpaired) electrons. The van der Waals surface area contributed by atoms with Crippen LogP contribution in [0.2, 0.25) is 0 Å². The van der Waals surface area contributed by atoms with Crippen LogP contribution in [-0.2, 0) is 10.5 Å². The Labute approximate surface area is 139 Å². The molecule has 122 valence electrons. The lowest BCUT2D eigenvalue weighted by molar-refractivity contribution is -0.128. The van der Waals surface area contributed by atoms with Crippen molar-refractivity contribution < 1.29 is 13.6 Å². The summed E-state index contributed by atoms with van der Waals surface area (Å²) in [6.45, 7) is 2.97. The maximum absolute atomic E-state index is 13.0. The Morgan fingerprint density at radius 2 is 1.87 bits per heavy atom. The maximum atomic E-state index is 13.0. The highest BCUT2D eigenvalue weighted by molar-refractivity contribution is 7.99. The molecular formula is C17H19FN2O2S. The predicted octanol–water partition coefficient (Wildman–Crippen LogP) is 3.00. The van der Waals surface area contributed by atoms with Gasteiger partial charge in [0.25, 0.3) is 0 Å². The topological polar surface area (TPSA) is 36.7 Å². The van der Waals surface area contributed by atoms with Gasteiger partial charge in [-0.15, -0.1) is 11.8 Å². The molecule has 2 aromatic rings. The van der Waals surface area contributed by atoms with Crippen molar-refractivity contribution >= 4 is 23.4 Å². The molecule has 1 fully saturated rings. The van der Waals surface area contributed by atoms with Gasteiger partial charge in [0.1, 0.15) is 11.6 Å². The Hall–Kier alpha value is -1.95. The van der Waals surface area contributed by atoms with Crippen molar-refractivity contribution in [3.8, 4) is 0 Å². The van der Waals surface area contributed by atoms with E-state index in [1.165, 1.54) is 12.1 Å². The van der Waals surface area contributed by atoms with Gasteiger partial charge in [0.2, 0.25) is 5.91 Å². The van der Waals surface area contributed by atoms with Crippen LogP contribution < -0.4 is 4.90 Å². The SMILES string of the molecule is O=C(CSCc1ccco1)N1CCN(c2ccc(F)cc2)CC1. The van der Waals surface area contributed by atoms with Crippen molar-refractivity contribution in [1.29, 1.82) is 0 Å². The second-order valence-corrected chi connectivity index (χ2v) is 6.40. The number of furan rings is 1. The highest BCUT2D eigenvalue weighted by Gasteiger charge is 2.21. The third-order valence-electron chi connectivity index (χ3n) is 3.87. The van der Waals surface area contributed by atoms with Crippen LogP contribution in [-0.4, -0.2) is 42.7 Å². The van der Waals surface area contributed by atoms with Crippen molar-refractivity contribution in [3.05, 3.63) is 54.2 Å². The Morgan fingerprint density at radius 3 is 2.52 bits per heavy atom. The van der Waals surface area contributed by atoms with Gasteiger partial charge in [0.05, 0.1) is 17.8 Å². The summed E-state index contributed by atoms with van der Waals surface area (Å²) in [4.78, 5) is 16.3. The smallest absolute Gasteiger partial charge is 0.232 e. The van der Waals surface area contributed by atoms with E-state index in [1.807, 2.05) is 17.0 Å². The molecule has 1 saturated heterocycles. The molecule has 0 bridgehead atoms. The van der Waals surface area contributed by atoms with E-state index in [1.54, 1.807) is 30.2 Å². The Morgan fingerprint density at radius 1 is 1.13 bits per heavy atom. The number of halogens is 1. The number of anilines is 1. The zero-order chi connectivity index (χ0) is 16.1. The van der Waals surface area contributed by atoms with Gasteiger partial charge < -0.3 is 14.2 Å². The molecule has 0 N–H and O–H groups in total. The minimum absolute atomic E-state index is 0.167. The summed E-state index contributed by atoms with van der Waals surface area (Å²) in [6.07, 6.45) is 1.65. The van der Waals surface area contributed by atoms with Crippen LogP contribution in [0, 0.1) is 5.82 Å². The maximum Gasteiger partial charge on any atom is 0.232 e. The van der Waals surface area contributed by atoms with Gasteiger partial charge >= 0.3 is 0 Å². The summed E-state index contributed by atoms with van der Waals surface area (Å²) < 4.78 is 18.2. The molecule has 2 heterocycles. The second-order valence-electron chi connectivity index (χ2n) is 5.42. The first-order chi connectivity index (χ1) is 11.2. The first kappa shape index (κ1) is 15.9. The summed E-state index contributed by atoms with van der Waals surface area (Å²) in [5.41, 5.74) is 1.01. The van der Waals surface area contributed by atoms with E-state index < -0.39 is 0 Å². The van der Waals surface area contributed by atoms with Gasteiger partial charge in [-0.1, -0.05) is 0 Å². The van der Waals surface area contributed by atoms with Crippen LogP contribution in [0.3, 0.4) is 0 Å². The minimum atomic E-state index is -0.226. The fraction of sp³-hybridized carbons (Fsp3) is 0.353. The van der Waals surface area contributed by atoms with E-state index in [-0.39, 0.29) is 11.7 Å². The predicted molar refractivity (Wildman–Crippen MR) is 90.1 cm³/mol. The first-order valence-corrected chi connectivity index (χ1v) is 8.76. The lowest BCUT2D eigenvalue weighted by Crippen LogP contribution is -2.49. The zero-order valence-corrected chi connectivity index (χ0v) is 13.6. The van der Waals surface area contributed by atoms with E-state index in [2.05, 4.69) is 4.90 Å². The third-order valence-corrected chi connectivity index (χ3v) is 4.81. The number of thioether (sulfide) groups is 1. The van der Waals surface area contributed by atoms with Crippen LogP contribution in [0.25, 0.3) is 0 Å². The second kappa shape index (κ2) is 7.55. The summed E-state index contributed by atoms with van der Waals surface area (Å²) in [7, 11) is 0. The van der Waals surface area contributed by atoms with Crippen LogP contribution in [0.5, 0.6) is 0 Å². The summed E-state index contributed by atoms with van der Waals surface area (Å²) in [6, 6.07) is 10.3. The van der Waals surface area contributed by atoms with E-state index in [0.29, 0.717) is 24.6 Å². The highest BCUT2D eigenvalue weighted by atomic mass is 32.2. The molecule has 0 unspecified atom stereocenters. The normalized spacial score (nSPS) is 15.0. The van der Waals surface area contributed by atoms with Crippen LogP contribution >= 0.6 is 11.8 Å². The molecule has 1 amide bonds. The molecule has 3 rings (SSSR count).